The van der Waals surface area contributed by atoms with Crippen LogP contribution < -0.4 is 5.32 Å². The van der Waals surface area contributed by atoms with Gasteiger partial charge in [-0.15, -0.1) is 0 Å². The summed E-state index contributed by atoms with van der Waals surface area (Å²) < 4.78 is 0. The van der Waals surface area contributed by atoms with E-state index in [0.29, 0.717) is 26.1 Å². The van der Waals surface area contributed by atoms with Gasteiger partial charge in [0.15, 0.2) is 0 Å². The number of rotatable bonds is 7. The molecule has 8 nitrogen and oxygen atoms in total. The molecule has 2 atom stereocenters. The molecule has 1 N–H and O–H groups in total. The Bertz CT molecular complexity index is 1000. The predicted molar refractivity (Wildman–Crippen MR) is 141 cm³/mol. The first kappa shape index (κ1) is 27.2. The van der Waals surface area contributed by atoms with Gasteiger partial charge in [0.1, 0.15) is 12.2 Å². The molecule has 194 valence electrons. The Labute approximate surface area is 214 Å². The number of carbonyl (C=O) groups excluding carboxylic acids is 3. The van der Waals surface area contributed by atoms with Crippen molar-refractivity contribution in [3.05, 3.63) is 71.8 Å². The summed E-state index contributed by atoms with van der Waals surface area (Å²) in [4.78, 5) is 43.2. The quantitative estimate of drug-likeness (QED) is 0.641. The lowest BCUT2D eigenvalue weighted by atomic mass is 10.0. The topological polar surface area (TPSA) is 76.2 Å². The second-order valence-corrected chi connectivity index (χ2v) is 8.91. The number of nitrogens with zero attached hydrogens (tertiary/aromatic N) is 4. The lowest BCUT2D eigenvalue weighted by molar-refractivity contribution is -0.187. The van der Waals surface area contributed by atoms with E-state index in [-0.39, 0.29) is 24.4 Å². The minimum atomic E-state index is -0.551. The summed E-state index contributed by atoms with van der Waals surface area (Å²) in [7, 11) is 1.75. The minimum Gasteiger partial charge on any atom is -0.337 e. The number of piperazine rings is 1. The third kappa shape index (κ3) is 6.23. The molecule has 0 saturated carbocycles. The van der Waals surface area contributed by atoms with Crippen molar-refractivity contribution >= 4 is 17.8 Å². The predicted octanol–water partition coefficient (Wildman–Crippen LogP) is 3.49. The Morgan fingerprint density at radius 3 is 2.19 bits per heavy atom. The van der Waals surface area contributed by atoms with Crippen LogP contribution in [0.15, 0.2) is 60.7 Å². The smallest absolute Gasteiger partial charge is 0.334 e. The highest BCUT2D eigenvalue weighted by Crippen LogP contribution is 2.28. The van der Waals surface area contributed by atoms with Crippen molar-refractivity contribution in [3.8, 4) is 0 Å². The number of hydrazine groups is 1. The largest absolute Gasteiger partial charge is 0.337 e. The Morgan fingerprint density at radius 1 is 0.972 bits per heavy atom. The highest BCUT2D eigenvalue weighted by atomic mass is 16.2. The number of carbonyl (C=O) groups is 3. The van der Waals surface area contributed by atoms with Gasteiger partial charge in [0.2, 0.25) is 11.8 Å². The fourth-order valence-corrected chi connectivity index (χ4v) is 4.82. The van der Waals surface area contributed by atoms with Crippen LogP contribution in [0.3, 0.4) is 0 Å². The highest BCUT2D eigenvalue weighted by Gasteiger charge is 2.50. The van der Waals surface area contributed by atoms with Gasteiger partial charge in [-0.25, -0.2) is 14.8 Å². The molecule has 2 fully saturated rings. The van der Waals surface area contributed by atoms with Crippen LogP contribution in [-0.4, -0.2) is 76.6 Å². The molecule has 8 heteroatoms. The Morgan fingerprint density at radius 2 is 1.58 bits per heavy atom. The molecule has 4 rings (SSSR count). The van der Waals surface area contributed by atoms with Crippen molar-refractivity contribution in [3.63, 3.8) is 0 Å². The van der Waals surface area contributed by atoms with Gasteiger partial charge in [0, 0.05) is 20.1 Å². The van der Waals surface area contributed by atoms with Gasteiger partial charge in [-0.3, -0.25) is 9.59 Å². The van der Waals surface area contributed by atoms with Gasteiger partial charge in [-0.2, -0.15) is 0 Å². The maximum Gasteiger partial charge on any atom is 0.334 e. The average Bonchev–Trinajstić information content (AvgIpc) is 2.90. The van der Waals surface area contributed by atoms with E-state index in [4.69, 9.17) is 0 Å². The summed E-state index contributed by atoms with van der Waals surface area (Å²) in [6.07, 6.45) is 1.54. The number of amides is 4. The molecule has 2 aromatic carbocycles. The van der Waals surface area contributed by atoms with Crippen molar-refractivity contribution in [1.29, 1.82) is 0 Å². The van der Waals surface area contributed by atoms with Crippen LogP contribution in [0.2, 0.25) is 0 Å². The van der Waals surface area contributed by atoms with Gasteiger partial charge in [-0.05, 0) is 24.0 Å². The Kier molecular flexibility index (Phi) is 9.87. The average molecular weight is 494 g/mol. The number of nitrogens with one attached hydrogen (secondary N) is 1. The third-order valence-electron chi connectivity index (χ3n) is 6.51. The van der Waals surface area contributed by atoms with Crippen LogP contribution in [0.25, 0.3) is 0 Å². The van der Waals surface area contributed by atoms with Gasteiger partial charge in [-0.1, -0.05) is 87.9 Å². The molecule has 0 spiro atoms. The van der Waals surface area contributed by atoms with Crippen LogP contribution in [0.4, 0.5) is 4.79 Å². The first-order valence-corrected chi connectivity index (χ1v) is 13.0. The number of likely N-dealkylation sites (N-methyl/N-ethyl adjacent to an activating group) is 1. The Hall–Kier alpha value is -3.39. The first-order valence-electron chi connectivity index (χ1n) is 13.0. The van der Waals surface area contributed by atoms with Crippen molar-refractivity contribution < 1.29 is 14.4 Å². The summed E-state index contributed by atoms with van der Waals surface area (Å²) >= 11 is 0. The minimum absolute atomic E-state index is 0.0309. The van der Waals surface area contributed by atoms with Gasteiger partial charge >= 0.3 is 6.03 Å². The van der Waals surface area contributed by atoms with E-state index in [0.717, 1.165) is 24.0 Å². The number of urea groups is 1. The molecule has 1 unspecified atom stereocenters. The number of fused-ring (bicyclic) bond motifs is 1. The summed E-state index contributed by atoms with van der Waals surface area (Å²) in [5.41, 5.74) is 2.15. The second-order valence-electron chi connectivity index (χ2n) is 8.91. The van der Waals surface area contributed by atoms with Crippen molar-refractivity contribution in [2.75, 3.05) is 26.7 Å². The van der Waals surface area contributed by atoms with Gasteiger partial charge < -0.3 is 15.1 Å². The zero-order chi connectivity index (χ0) is 26.1. The maximum absolute atomic E-state index is 13.4. The molecule has 2 aromatic rings. The van der Waals surface area contributed by atoms with Crippen LogP contribution in [-0.2, 0) is 22.6 Å². The van der Waals surface area contributed by atoms with Crippen LogP contribution >= 0.6 is 0 Å². The zero-order valence-corrected chi connectivity index (χ0v) is 21.9. The monoisotopic (exact) mass is 493 g/mol. The van der Waals surface area contributed by atoms with E-state index < -0.39 is 12.2 Å². The molecule has 2 saturated heterocycles. The summed E-state index contributed by atoms with van der Waals surface area (Å²) in [5.74, 6) is -0.148. The van der Waals surface area contributed by atoms with Crippen LogP contribution in [0.5, 0.6) is 0 Å². The fraction of sp³-hybridized carbons (Fsp3) is 0.464. The van der Waals surface area contributed by atoms with Crippen molar-refractivity contribution in [2.24, 2.45) is 0 Å². The van der Waals surface area contributed by atoms with E-state index in [1.54, 1.807) is 22.0 Å². The number of benzene rings is 2. The van der Waals surface area contributed by atoms with E-state index in [1.165, 1.54) is 0 Å². The summed E-state index contributed by atoms with van der Waals surface area (Å²) in [6, 6.07) is 18.9. The fourth-order valence-electron chi connectivity index (χ4n) is 4.82. The highest BCUT2D eigenvalue weighted by molar-refractivity contribution is 5.91. The molecule has 0 radical (unpaired) electrons. The molecule has 0 aliphatic carbocycles. The molecule has 2 heterocycles. The van der Waals surface area contributed by atoms with E-state index >= 15 is 0 Å². The van der Waals surface area contributed by atoms with Gasteiger partial charge in [0.25, 0.3) is 0 Å². The molecule has 0 aromatic heterocycles. The number of hydrogen-bond donors (Lipinski definition) is 1. The van der Waals surface area contributed by atoms with Crippen LogP contribution in [0.1, 0.15) is 44.7 Å². The van der Waals surface area contributed by atoms with E-state index in [1.807, 2.05) is 86.3 Å². The van der Waals surface area contributed by atoms with Crippen LogP contribution in [0, 0.1) is 0 Å². The van der Waals surface area contributed by atoms with E-state index in [2.05, 4.69) is 5.32 Å². The lowest BCUT2D eigenvalue weighted by Gasteiger charge is -2.54. The molecule has 2 aliphatic rings. The lowest BCUT2D eigenvalue weighted by Crippen LogP contribution is -2.76. The SMILES string of the molecule is CC.CCC[C@H]1C(=O)N(CCc2ccccc2)CC2N1C(=O)CN(C)N2C(=O)NCc1ccccc1. The zero-order valence-electron chi connectivity index (χ0n) is 21.9. The number of hydrogen-bond acceptors (Lipinski definition) is 4. The normalized spacial score (nSPS) is 19.9. The van der Waals surface area contributed by atoms with E-state index in [9.17, 15) is 14.4 Å². The molecule has 36 heavy (non-hydrogen) atoms. The second kappa shape index (κ2) is 13.1. The summed E-state index contributed by atoms with van der Waals surface area (Å²) in [5, 5.41) is 6.25. The Balaban J connectivity index is 0.00000176. The van der Waals surface area contributed by atoms with Gasteiger partial charge in [0.05, 0.1) is 13.1 Å². The molecule has 4 amide bonds. The third-order valence-corrected chi connectivity index (χ3v) is 6.51. The maximum atomic E-state index is 13.4. The molecular formula is C28H39N5O3. The summed E-state index contributed by atoms with van der Waals surface area (Å²) in [6.45, 7) is 7.30. The van der Waals surface area contributed by atoms with Crippen molar-refractivity contribution in [2.45, 2.75) is 58.8 Å². The molecule has 2 aliphatic heterocycles. The van der Waals surface area contributed by atoms with Crippen molar-refractivity contribution in [1.82, 2.24) is 25.1 Å². The first-order chi connectivity index (χ1) is 17.5. The standard InChI is InChI=1S/C26H33N5O3.C2H6/c1-3-10-22-25(33)29(16-15-20-11-6-4-7-12-20)18-23-30(22)24(32)19-28(2)31(23)26(34)27-17-21-13-8-5-9-14-21;1-2/h4-9,11-14,22-23H,3,10,15-19H2,1-2H3,(H,27,34);1-2H3/t22-,23?;/m0./s1. The molecular weight excluding hydrogens is 454 g/mol. The molecule has 0 bridgehead atoms.